The second kappa shape index (κ2) is 7.97. The summed E-state index contributed by atoms with van der Waals surface area (Å²) in [4.78, 5) is 37.0. The van der Waals surface area contributed by atoms with Gasteiger partial charge in [-0.15, -0.1) is 0 Å². The molecule has 0 saturated heterocycles. The number of nitrogens with zero attached hydrogens (tertiary/aromatic N) is 1. The number of hydrogen-bond acceptors (Lipinski definition) is 3. The third-order valence-electron chi connectivity index (χ3n) is 4.85. The van der Waals surface area contributed by atoms with Crippen LogP contribution < -0.4 is 16.0 Å². The van der Waals surface area contributed by atoms with Crippen molar-refractivity contribution in [2.24, 2.45) is 0 Å². The molecule has 1 aromatic heterocycles. The molecule has 2 aromatic carbocycles. The summed E-state index contributed by atoms with van der Waals surface area (Å²) in [6.45, 7) is 0.946. The fourth-order valence-corrected chi connectivity index (χ4v) is 3.55. The summed E-state index contributed by atoms with van der Waals surface area (Å²) < 4.78 is 2.00. The van der Waals surface area contributed by atoms with Crippen molar-refractivity contribution in [2.45, 2.75) is 19.0 Å². The SMILES string of the molecule is O=C(C[C@H]1NC(=O)c2ccccc2NC1=O)NCCn1ccc2ccc(Cl)cc21. The van der Waals surface area contributed by atoms with Gasteiger partial charge < -0.3 is 20.5 Å². The first-order chi connectivity index (χ1) is 14.0. The number of hydrogen-bond donors (Lipinski definition) is 3. The number of amides is 3. The first kappa shape index (κ1) is 19.0. The van der Waals surface area contributed by atoms with Crippen LogP contribution in [0.3, 0.4) is 0 Å². The molecule has 148 valence electrons. The second-order valence-corrected chi connectivity index (χ2v) is 7.26. The highest BCUT2D eigenvalue weighted by Gasteiger charge is 2.29. The van der Waals surface area contributed by atoms with E-state index in [0.29, 0.717) is 29.4 Å². The standard InChI is InChI=1S/C21H19ClN4O3/c22-14-6-5-13-7-9-26(18(13)11-14)10-8-23-19(27)12-17-21(29)24-16-4-2-1-3-15(16)20(28)25-17/h1-7,9,11,17H,8,10,12H2,(H,23,27)(H,24,29)(H,25,28)/t17-/m1/s1. The van der Waals surface area contributed by atoms with Gasteiger partial charge in [0.25, 0.3) is 5.91 Å². The maximum atomic E-state index is 12.4. The average molecular weight is 411 g/mol. The van der Waals surface area contributed by atoms with Crippen LogP contribution in [0.1, 0.15) is 16.8 Å². The summed E-state index contributed by atoms with van der Waals surface area (Å²) >= 11 is 6.06. The summed E-state index contributed by atoms with van der Waals surface area (Å²) in [5, 5.41) is 9.83. The lowest BCUT2D eigenvalue weighted by Gasteiger charge is -2.14. The van der Waals surface area contributed by atoms with Crippen LogP contribution in [-0.2, 0) is 16.1 Å². The molecule has 3 N–H and O–H groups in total. The number of carbonyl (C=O) groups excluding carboxylic acids is 3. The van der Waals surface area contributed by atoms with E-state index in [1.165, 1.54) is 0 Å². The van der Waals surface area contributed by atoms with Crippen molar-refractivity contribution >= 4 is 45.9 Å². The first-order valence-corrected chi connectivity index (χ1v) is 9.61. The zero-order chi connectivity index (χ0) is 20.4. The molecule has 4 rings (SSSR count). The summed E-state index contributed by atoms with van der Waals surface area (Å²) in [6.07, 6.45) is 1.80. The van der Waals surface area contributed by atoms with Gasteiger partial charge in [0.05, 0.1) is 17.7 Å². The minimum absolute atomic E-state index is 0.135. The third-order valence-corrected chi connectivity index (χ3v) is 5.09. The van der Waals surface area contributed by atoms with Gasteiger partial charge in [-0.05, 0) is 35.7 Å². The van der Waals surface area contributed by atoms with E-state index in [9.17, 15) is 14.4 Å². The molecule has 0 aliphatic carbocycles. The van der Waals surface area contributed by atoms with Gasteiger partial charge in [0, 0.05) is 29.8 Å². The zero-order valence-electron chi connectivity index (χ0n) is 15.4. The van der Waals surface area contributed by atoms with Gasteiger partial charge in [-0.25, -0.2) is 0 Å². The molecule has 0 unspecified atom stereocenters. The van der Waals surface area contributed by atoms with E-state index >= 15 is 0 Å². The normalized spacial score (nSPS) is 16.0. The molecule has 0 saturated carbocycles. The monoisotopic (exact) mass is 410 g/mol. The van der Waals surface area contributed by atoms with E-state index in [1.54, 1.807) is 24.3 Å². The molecule has 3 aromatic rings. The van der Waals surface area contributed by atoms with Gasteiger partial charge in [-0.1, -0.05) is 29.8 Å². The van der Waals surface area contributed by atoms with Crippen LogP contribution >= 0.6 is 11.6 Å². The van der Waals surface area contributed by atoms with Crippen molar-refractivity contribution in [3.05, 3.63) is 65.3 Å². The maximum Gasteiger partial charge on any atom is 0.254 e. The summed E-state index contributed by atoms with van der Waals surface area (Å²) in [5.74, 6) is -1.11. The average Bonchev–Trinajstić information content (AvgIpc) is 3.04. The van der Waals surface area contributed by atoms with Crippen LogP contribution in [0.5, 0.6) is 0 Å². The Balaban J connectivity index is 1.34. The van der Waals surface area contributed by atoms with E-state index in [4.69, 9.17) is 11.6 Å². The number of anilines is 1. The molecule has 7 nitrogen and oxygen atoms in total. The number of halogens is 1. The van der Waals surface area contributed by atoms with Crippen LogP contribution in [0.2, 0.25) is 5.02 Å². The second-order valence-electron chi connectivity index (χ2n) is 6.83. The first-order valence-electron chi connectivity index (χ1n) is 9.23. The molecule has 3 amide bonds. The molecule has 0 bridgehead atoms. The largest absolute Gasteiger partial charge is 0.354 e. The molecule has 0 spiro atoms. The van der Waals surface area contributed by atoms with Crippen LogP contribution in [0.15, 0.2) is 54.7 Å². The van der Waals surface area contributed by atoms with Crippen molar-refractivity contribution in [1.82, 2.24) is 15.2 Å². The van der Waals surface area contributed by atoms with Crippen LogP contribution in [0, 0.1) is 0 Å². The Morgan fingerprint density at radius 1 is 1.14 bits per heavy atom. The van der Waals surface area contributed by atoms with E-state index in [0.717, 1.165) is 10.9 Å². The van der Waals surface area contributed by atoms with E-state index in [-0.39, 0.29) is 18.2 Å². The van der Waals surface area contributed by atoms with Crippen molar-refractivity contribution in [1.29, 1.82) is 0 Å². The van der Waals surface area contributed by atoms with Gasteiger partial charge in [-0.2, -0.15) is 0 Å². The lowest BCUT2D eigenvalue weighted by atomic mass is 10.1. The zero-order valence-corrected chi connectivity index (χ0v) is 16.2. The minimum Gasteiger partial charge on any atom is -0.354 e. The van der Waals surface area contributed by atoms with E-state index in [1.807, 2.05) is 35.0 Å². The molecule has 2 heterocycles. The molecular formula is C21H19ClN4O3. The molecule has 8 heteroatoms. The number of benzene rings is 2. The summed E-state index contributed by atoms with van der Waals surface area (Å²) in [5.41, 5.74) is 1.80. The van der Waals surface area contributed by atoms with E-state index < -0.39 is 11.9 Å². The van der Waals surface area contributed by atoms with Gasteiger partial charge in [-0.3, -0.25) is 14.4 Å². The van der Waals surface area contributed by atoms with Crippen LogP contribution in [0.4, 0.5) is 5.69 Å². The Morgan fingerprint density at radius 3 is 2.83 bits per heavy atom. The quantitative estimate of drug-likeness (QED) is 0.603. The van der Waals surface area contributed by atoms with Crippen molar-refractivity contribution in [3.63, 3.8) is 0 Å². The molecule has 1 atom stereocenters. The fraction of sp³-hybridized carbons (Fsp3) is 0.190. The van der Waals surface area contributed by atoms with Gasteiger partial charge in [0.1, 0.15) is 6.04 Å². The van der Waals surface area contributed by atoms with Gasteiger partial charge >= 0.3 is 0 Å². The molecule has 1 aliphatic rings. The number of carbonyl (C=O) groups is 3. The highest BCUT2D eigenvalue weighted by molar-refractivity contribution is 6.31. The minimum atomic E-state index is -0.930. The maximum absolute atomic E-state index is 12.4. The topological polar surface area (TPSA) is 92.2 Å². The molecular weight excluding hydrogens is 392 g/mol. The number of nitrogens with one attached hydrogen (secondary N) is 3. The third kappa shape index (κ3) is 4.09. The van der Waals surface area contributed by atoms with Crippen molar-refractivity contribution in [2.75, 3.05) is 11.9 Å². The molecule has 0 radical (unpaired) electrons. The Hall–Kier alpha value is -3.32. The summed E-state index contributed by atoms with van der Waals surface area (Å²) in [7, 11) is 0. The Kier molecular flexibility index (Phi) is 5.22. The van der Waals surface area contributed by atoms with Gasteiger partial charge in [0.15, 0.2) is 0 Å². The lowest BCUT2D eigenvalue weighted by Crippen LogP contribution is -2.44. The molecule has 29 heavy (non-hydrogen) atoms. The molecule has 0 fully saturated rings. The smallest absolute Gasteiger partial charge is 0.254 e. The van der Waals surface area contributed by atoms with Crippen LogP contribution in [-0.4, -0.2) is 34.9 Å². The number of para-hydroxylation sites is 1. The van der Waals surface area contributed by atoms with Crippen molar-refractivity contribution < 1.29 is 14.4 Å². The summed E-state index contributed by atoms with van der Waals surface area (Å²) in [6, 6.07) is 13.4. The number of rotatable bonds is 5. The highest BCUT2D eigenvalue weighted by Crippen LogP contribution is 2.21. The fourth-order valence-electron chi connectivity index (χ4n) is 3.38. The van der Waals surface area contributed by atoms with Crippen LogP contribution in [0.25, 0.3) is 10.9 Å². The van der Waals surface area contributed by atoms with Crippen molar-refractivity contribution in [3.8, 4) is 0 Å². The lowest BCUT2D eigenvalue weighted by molar-refractivity contribution is -0.125. The molecule has 1 aliphatic heterocycles. The Labute approximate surface area is 172 Å². The Bertz CT molecular complexity index is 1110. The Morgan fingerprint density at radius 2 is 1.97 bits per heavy atom. The van der Waals surface area contributed by atoms with Gasteiger partial charge in [0.2, 0.25) is 11.8 Å². The number of aromatic nitrogens is 1. The predicted molar refractivity (Wildman–Crippen MR) is 111 cm³/mol. The van der Waals surface area contributed by atoms with E-state index in [2.05, 4.69) is 16.0 Å². The predicted octanol–water partition coefficient (Wildman–Crippen LogP) is 2.55. The highest BCUT2D eigenvalue weighted by atomic mass is 35.5. The number of fused-ring (bicyclic) bond motifs is 2.